The topological polar surface area (TPSA) is 42.9 Å². The van der Waals surface area contributed by atoms with Gasteiger partial charge in [-0.25, -0.2) is 4.99 Å². The number of hydrogen-bond acceptors (Lipinski definition) is 3. The zero-order chi connectivity index (χ0) is 20.9. The fourth-order valence-electron chi connectivity index (χ4n) is 5.50. The zero-order valence-corrected chi connectivity index (χ0v) is 19.2. The molecule has 2 atom stereocenters. The number of nitrogens with one attached hydrogen (secondary N) is 2. The zero-order valence-electron chi connectivity index (χ0n) is 19.2. The molecule has 2 bridgehead atoms. The van der Waals surface area contributed by atoms with Crippen LogP contribution >= 0.6 is 0 Å². The van der Waals surface area contributed by atoms with Crippen molar-refractivity contribution < 1.29 is 0 Å². The molecule has 2 unspecified atom stereocenters. The molecular formula is C25H41N5. The molecule has 166 valence electrons. The van der Waals surface area contributed by atoms with E-state index in [4.69, 9.17) is 4.99 Å². The van der Waals surface area contributed by atoms with E-state index in [9.17, 15) is 0 Å². The first-order valence-corrected chi connectivity index (χ1v) is 12.2. The van der Waals surface area contributed by atoms with E-state index < -0.39 is 0 Å². The second-order valence-electron chi connectivity index (χ2n) is 9.75. The third-order valence-electron chi connectivity index (χ3n) is 7.53. The maximum atomic E-state index is 4.91. The van der Waals surface area contributed by atoms with Crippen molar-refractivity contribution in [3.05, 3.63) is 29.8 Å². The SMILES string of the molecule is CCNC(=NCc1ccc(N2CCC(C)CC2)cc1)NC1CC2CCCC(C1)N2C. The molecule has 0 spiro atoms. The number of benzene rings is 1. The maximum Gasteiger partial charge on any atom is 0.191 e. The Kier molecular flexibility index (Phi) is 7.19. The van der Waals surface area contributed by atoms with Gasteiger partial charge in [-0.2, -0.15) is 0 Å². The first-order valence-electron chi connectivity index (χ1n) is 12.2. The van der Waals surface area contributed by atoms with E-state index in [1.54, 1.807) is 0 Å². The fourth-order valence-corrected chi connectivity index (χ4v) is 5.50. The van der Waals surface area contributed by atoms with Crippen LogP contribution < -0.4 is 15.5 Å². The molecule has 5 nitrogen and oxygen atoms in total. The summed E-state index contributed by atoms with van der Waals surface area (Å²) in [5, 5.41) is 7.21. The lowest BCUT2D eigenvalue weighted by molar-refractivity contribution is 0.0526. The Morgan fingerprint density at radius 2 is 1.70 bits per heavy atom. The second kappa shape index (κ2) is 10.0. The average molecular weight is 412 g/mol. The minimum absolute atomic E-state index is 0.540. The summed E-state index contributed by atoms with van der Waals surface area (Å²) in [6.07, 6.45) is 9.18. The molecule has 1 aromatic rings. The molecule has 0 radical (unpaired) electrons. The lowest BCUT2D eigenvalue weighted by Gasteiger charge is -2.47. The number of fused-ring (bicyclic) bond motifs is 2. The Morgan fingerprint density at radius 3 is 2.33 bits per heavy atom. The van der Waals surface area contributed by atoms with Crippen molar-refractivity contribution in [3.63, 3.8) is 0 Å². The molecular weight excluding hydrogens is 370 g/mol. The minimum Gasteiger partial charge on any atom is -0.372 e. The van der Waals surface area contributed by atoms with Crippen LogP contribution in [0, 0.1) is 5.92 Å². The van der Waals surface area contributed by atoms with Gasteiger partial charge in [0.15, 0.2) is 5.96 Å². The van der Waals surface area contributed by atoms with Crippen LogP contribution in [0.1, 0.15) is 64.4 Å². The van der Waals surface area contributed by atoms with Gasteiger partial charge in [0.2, 0.25) is 0 Å². The van der Waals surface area contributed by atoms with Crippen LogP contribution in [0.25, 0.3) is 0 Å². The van der Waals surface area contributed by atoms with Crippen molar-refractivity contribution in [2.75, 3.05) is 31.6 Å². The average Bonchev–Trinajstić information content (AvgIpc) is 2.74. The van der Waals surface area contributed by atoms with E-state index in [-0.39, 0.29) is 0 Å². The van der Waals surface area contributed by atoms with Crippen LogP contribution in [0.15, 0.2) is 29.3 Å². The monoisotopic (exact) mass is 411 g/mol. The van der Waals surface area contributed by atoms with Crippen LogP contribution in [0.2, 0.25) is 0 Å². The number of piperidine rings is 3. The summed E-state index contributed by atoms with van der Waals surface area (Å²) in [7, 11) is 2.32. The summed E-state index contributed by atoms with van der Waals surface area (Å²) in [5.74, 6) is 1.84. The van der Waals surface area contributed by atoms with Crippen molar-refractivity contribution >= 4 is 11.6 Å². The predicted octanol–water partition coefficient (Wildman–Crippen LogP) is 3.99. The van der Waals surface area contributed by atoms with Gasteiger partial charge < -0.3 is 20.4 Å². The maximum absolute atomic E-state index is 4.91. The van der Waals surface area contributed by atoms with Crippen molar-refractivity contribution in [1.82, 2.24) is 15.5 Å². The summed E-state index contributed by atoms with van der Waals surface area (Å²) < 4.78 is 0. The fraction of sp³-hybridized carbons (Fsp3) is 0.720. The molecule has 4 rings (SSSR count). The largest absolute Gasteiger partial charge is 0.372 e. The summed E-state index contributed by atoms with van der Waals surface area (Å²) in [4.78, 5) is 10.1. The van der Waals surface area contributed by atoms with E-state index in [0.717, 1.165) is 37.1 Å². The van der Waals surface area contributed by atoms with E-state index >= 15 is 0 Å². The highest BCUT2D eigenvalue weighted by Gasteiger charge is 2.36. The first kappa shape index (κ1) is 21.5. The number of anilines is 1. The van der Waals surface area contributed by atoms with Crippen molar-refractivity contribution in [2.45, 2.75) is 83.5 Å². The van der Waals surface area contributed by atoms with Crippen LogP contribution in [0.3, 0.4) is 0 Å². The first-order chi connectivity index (χ1) is 14.6. The Balaban J connectivity index is 1.33. The molecule has 5 heteroatoms. The molecule has 2 N–H and O–H groups in total. The van der Waals surface area contributed by atoms with Crippen LogP contribution in [-0.4, -0.2) is 55.7 Å². The standard InChI is InChI=1S/C25H41N5/c1-4-26-25(28-21-16-23-6-5-7-24(17-21)29(23)3)27-18-20-8-10-22(11-9-20)30-14-12-19(2)13-15-30/h8-11,19,21,23-24H,4-7,12-18H2,1-3H3,(H2,26,27,28). The van der Waals surface area contributed by atoms with Gasteiger partial charge in [-0.15, -0.1) is 0 Å². The highest BCUT2D eigenvalue weighted by molar-refractivity contribution is 5.80. The van der Waals surface area contributed by atoms with Crippen molar-refractivity contribution in [3.8, 4) is 0 Å². The molecule has 0 amide bonds. The second-order valence-corrected chi connectivity index (χ2v) is 9.75. The van der Waals surface area contributed by atoms with Crippen LogP contribution in [-0.2, 0) is 6.54 Å². The van der Waals surface area contributed by atoms with Crippen LogP contribution in [0.5, 0.6) is 0 Å². The quantitative estimate of drug-likeness (QED) is 0.568. The Bertz CT molecular complexity index is 678. The van der Waals surface area contributed by atoms with E-state index in [2.05, 4.69) is 65.6 Å². The molecule has 0 aliphatic carbocycles. The Morgan fingerprint density at radius 1 is 1.03 bits per heavy atom. The smallest absolute Gasteiger partial charge is 0.191 e. The van der Waals surface area contributed by atoms with Gasteiger partial charge >= 0.3 is 0 Å². The number of guanidine groups is 1. The van der Waals surface area contributed by atoms with Gasteiger partial charge in [0.1, 0.15) is 0 Å². The van der Waals surface area contributed by atoms with E-state index in [1.807, 2.05) is 0 Å². The van der Waals surface area contributed by atoms with Gasteiger partial charge in [-0.05, 0) is 76.1 Å². The summed E-state index contributed by atoms with van der Waals surface area (Å²) >= 11 is 0. The molecule has 1 aromatic carbocycles. The highest BCUT2D eigenvalue weighted by atomic mass is 15.2. The van der Waals surface area contributed by atoms with Gasteiger partial charge in [-0.3, -0.25) is 0 Å². The number of rotatable bonds is 5. The molecule has 0 saturated carbocycles. The Hall–Kier alpha value is -1.75. The lowest BCUT2D eigenvalue weighted by Crippen LogP contribution is -2.56. The summed E-state index contributed by atoms with van der Waals surface area (Å²) in [6.45, 7) is 8.52. The van der Waals surface area contributed by atoms with E-state index in [0.29, 0.717) is 6.04 Å². The number of nitrogens with zero attached hydrogens (tertiary/aromatic N) is 3. The van der Waals surface area contributed by atoms with Gasteiger partial charge in [0.05, 0.1) is 6.54 Å². The Labute approximate surface area is 183 Å². The lowest BCUT2D eigenvalue weighted by atomic mass is 9.82. The predicted molar refractivity (Wildman–Crippen MR) is 127 cm³/mol. The number of hydrogen-bond donors (Lipinski definition) is 2. The van der Waals surface area contributed by atoms with Crippen LogP contribution in [0.4, 0.5) is 5.69 Å². The van der Waals surface area contributed by atoms with E-state index in [1.165, 1.54) is 69.3 Å². The number of aliphatic imine (C=N–C) groups is 1. The summed E-state index contributed by atoms with van der Waals surface area (Å²) in [6, 6.07) is 11.1. The van der Waals surface area contributed by atoms with Gasteiger partial charge in [0.25, 0.3) is 0 Å². The normalized spacial score (nSPS) is 28.4. The molecule has 3 fully saturated rings. The third-order valence-corrected chi connectivity index (χ3v) is 7.53. The molecule has 3 aliphatic rings. The molecule has 3 aliphatic heterocycles. The third kappa shape index (κ3) is 5.29. The summed E-state index contributed by atoms with van der Waals surface area (Å²) in [5.41, 5.74) is 2.64. The van der Waals surface area contributed by atoms with Crippen molar-refractivity contribution in [1.29, 1.82) is 0 Å². The molecule has 30 heavy (non-hydrogen) atoms. The van der Waals surface area contributed by atoms with Gasteiger partial charge in [0, 0.05) is 43.4 Å². The minimum atomic E-state index is 0.540. The van der Waals surface area contributed by atoms with Gasteiger partial charge in [-0.1, -0.05) is 25.5 Å². The molecule has 0 aromatic heterocycles. The molecule has 3 heterocycles. The highest BCUT2D eigenvalue weighted by Crippen LogP contribution is 2.32. The van der Waals surface area contributed by atoms with Crippen molar-refractivity contribution in [2.24, 2.45) is 10.9 Å². The molecule has 3 saturated heterocycles.